The van der Waals surface area contributed by atoms with Gasteiger partial charge in [0.1, 0.15) is 11.5 Å². The molecule has 1 amide bonds. The van der Waals surface area contributed by atoms with Crippen LogP contribution in [0.25, 0.3) is 0 Å². The summed E-state index contributed by atoms with van der Waals surface area (Å²) < 4.78 is 44.7. The summed E-state index contributed by atoms with van der Waals surface area (Å²) in [6, 6.07) is 7.39. The molecule has 1 aliphatic rings. The molecule has 1 aromatic heterocycles. The molecule has 0 spiro atoms. The molecule has 0 saturated carbocycles. The lowest BCUT2D eigenvalue weighted by molar-refractivity contribution is -0.141. The molecule has 0 fully saturated rings. The first-order valence-electron chi connectivity index (χ1n) is 8.42. The van der Waals surface area contributed by atoms with Gasteiger partial charge in [0.15, 0.2) is 12.4 Å². The van der Waals surface area contributed by atoms with Crippen LogP contribution in [0.5, 0.6) is 0 Å². The smallest absolute Gasteiger partial charge is 0.435 e. The van der Waals surface area contributed by atoms with E-state index in [4.69, 9.17) is 4.74 Å². The number of amides is 1. The van der Waals surface area contributed by atoms with Gasteiger partial charge in [-0.25, -0.2) is 0 Å². The van der Waals surface area contributed by atoms with Crippen molar-refractivity contribution in [3.63, 3.8) is 0 Å². The van der Waals surface area contributed by atoms with Gasteiger partial charge in [-0.15, -0.1) is 0 Å². The Morgan fingerprint density at radius 3 is 2.79 bits per heavy atom. The highest BCUT2D eigenvalue weighted by Crippen LogP contribution is 2.28. The van der Waals surface area contributed by atoms with Crippen molar-refractivity contribution < 1.29 is 27.8 Å². The third-order valence-corrected chi connectivity index (χ3v) is 4.26. The van der Waals surface area contributed by atoms with E-state index in [0.717, 1.165) is 15.9 Å². The normalized spacial score (nSPS) is 15.2. The van der Waals surface area contributed by atoms with Crippen LogP contribution in [0.3, 0.4) is 0 Å². The Morgan fingerprint density at radius 1 is 1.39 bits per heavy atom. The van der Waals surface area contributed by atoms with Gasteiger partial charge in [-0.2, -0.15) is 18.3 Å². The number of carbonyl (C=O) groups is 1. The Bertz CT molecular complexity index is 908. The number of anilines is 1. The van der Waals surface area contributed by atoms with Gasteiger partial charge < -0.3 is 20.1 Å². The lowest BCUT2D eigenvalue weighted by atomic mass is 10.2. The average molecular weight is 396 g/mol. The maximum atomic E-state index is 12.8. The number of carbonyl (C=O) groups excluding carboxylic acids is 1. The third kappa shape index (κ3) is 4.11. The van der Waals surface area contributed by atoms with E-state index in [-0.39, 0.29) is 19.0 Å². The molecule has 2 N–H and O–H groups in total. The molecule has 1 unspecified atom stereocenters. The zero-order valence-corrected chi connectivity index (χ0v) is 15.2. The van der Waals surface area contributed by atoms with Gasteiger partial charge in [0.25, 0.3) is 5.91 Å². The molecule has 2 heterocycles. The molecule has 1 aliphatic heterocycles. The minimum atomic E-state index is -4.62. The topological polar surface area (TPSA) is 79.6 Å². The summed E-state index contributed by atoms with van der Waals surface area (Å²) in [5.41, 5.74) is 0.225. The van der Waals surface area contributed by atoms with Crippen LogP contribution in [0.15, 0.2) is 42.3 Å². The minimum absolute atomic E-state index is 0.0871. The van der Waals surface area contributed by atoms with Crippen molar-refractivity contribution in [2.45, 2.75) is 25.7 Å². The van der Waals surface area contributed by atoms with Gasteiger partial charge in [-0.05, 0) is 24.6 Å². The van der Waals surface area contributed by atoms with Crippen LogP contribution in [-0.4, -0.2) is 33.6 Å². The van der Waals surface area contributed by atoms with Crippen LogP contribution >= 0.6 is 0 Å². The van der Waals surface area contributed by atoms with E-state index in [1.165, 1.54) is 7.05 Å². The summed E-state index contributed by atoms with van der Waals surface area (Å²) in [6.07, 6.45) is -2.92. The minimum Gasteiger partial charge on any atom is -0.473 e. The molecule has 2 aromatic rings. The molecule has 28 heavy (non-hydrogen) atoms. The molecular formula is C18H19F3N4O3. The van der Waals surface area contributed by atoms with Crippen molar-refractivity contribution in [1.82, 2.24) is 15.1 Å². The Morgan fingerprint density at radius 2 is 2.14 bits per heavy atom. The molecule has 0 saturated heterocycles. The molecule has 1 aromatic carbocycles. The molecule has 0 aliphatic carbocycles. The van der Waals surface area contributed by atoms with Gasteiger partial charge in [0, 0.05) is 25.0 Å². The number of alkyl halides is 3. The zero-order valence-electron chi connectivity index (χ0n) is 15.2. The predicted octanol–water partition coefficient (Wildman–Crippen LogP) is 2.39. The lowest BCUT2D eigenvalue weighted by Gasteiger charge is -2.14. The average Bonchev–Trinajstić information content (AvgIpc) is 3.28. The molecule has 1 atom stereocenters. The number of rotatable bonds is 5. The molecule has 150 valence electrons. The van der Waals surface area contributed by atoms with Crippen LogP contribution in [0.4, 0.5) is 18.9 Å². The number of ether oxygens (including phenoxy) is 1. The molecule has 0 radical (unpaired) electrons. The first-order valence-corrected chi connectivity index (χ1v) is 8.42. The number of nitrogens with zero attached hydrogens (tertiary/aromatic N) is 3. The van der Waals surface area contributed by atoms with Crippen molar-refractivity contribution >= 4 is 11.6 Å². The van der Waals surface area contributed by atoms with Crippen LogP contribution in [-0.2, 0) is 24.6 Å². The Hall–Kier alpha value is -3.01. The van der Waals surface area contributed by atoms with E-state index in [1.807, 2.05) is 6.07 Å². The number of aromatic nitrogens is 2. The largest absolute Gasteiger partial charge is 0.473 e. The second-order valence-corrected chi connectivity index (χ2v) is 6.33. The summed E-state index contributed by atoms with van der Waals surface area (Å²) >= 11 is 0. The summed E-state index contributed by atoms with van der Waals surface area (Å²) in [4.78, 5) is 14.1. The van der Waals surface area contributed by atoms with E-state index in [9.17, 15) is 23.1 Å². The van der Waals surface area contributed by atoms with E-state index in [2.05, 4.69) is 10.4 Å². The Labute approximate surface area is 159 Å². The molecule has 10 heteroatoms. The van der Waals surface area contributed by atoms with E-state index < -0.39 is 23.8 Å². The fraction of sp³-hybridized carbons (Fsp3) is 0.333. The van der Waals surface area contributed by atoms with E-state index >= 15 is 0 Å². The maximum absolute atomic E-state index is 12.8. The predicted molar refractivity (Wildman–Crippen MR) is 94.0 cm³/mol. The number of hydrogen-bond donors (Lipinski definition) is 2. The maximum Gasteiger partial charge on any atom is 0.435 e. The molecule has 3 rings (SSSR count). The lowest BCUT2D eigenvalue weighted by Crippen LogP contribution is -2.35. The van der Waals surface area contributed by atoms with Gasteiger partial charge in [-0.3, -0.25) is 9.48 Å². The number of benzene rings is 1. The first-order chi connectivity index (χ1) is 13.2. The summed E-state index contributed by atoms with van der Waals surface area (Å²) in [6.45, 7) is 1.79. The fourth-order valence-corrected chi connectivity index (χ4v) is 2.75. The highest BCUT2D eigenvalue weighted by Gasteiger charge is 2.35. The van der Waals surface area contributed by atoms with Gasteiger partial charge in [0.05, 0.1) is 12.6 Å². The molecule has 0 bridgehead atoms. The first kappa shape index (κ1) is 19.7. The number of halogens is 3. The standard InChI is InChI=1S/C18H19F3N4O3/c1-11(22-17(27)14-7-16(18(19,20)21)23-24(14)2)15-8-25(10-28-15)13-5-3-4-12(6-13)9-26/h3-8,11,26H,9-10H2,1-2H3,(H,22,27). The monoisotopic (exact) mass is 396 g/mol. The molecular weight excluding hydrogens is 377 g/mol. The van der Waals surface area contributed by atoms with E-state index in [1.54, 1.807) is 36.2 Å². The van der Waals surface area contributed by atoms with Crippen LogP contribution in [0.2, 0.25) is 0 Å². The van der Waals surface area contributed by atoms with Crippen LogP contribution < -0.4 is 10.2 Å². The van der Waals surface area contributed by atoms with Gasteiger partial charge in [0.2, 0.25) is 0 Å². The van der Waals surface area contributed by atoms with E-state index in [0.29, 0.717) is 11.8 Å². The number of aliphatic hydroxyl groups excluding tert-OH is 1. The SMILES string of the molecule is CC(NC(=O)c1cc(C(F)(F)F)nn1C)C1=CN(c2cccc(CO)c2)CO1. The Balaban J connectivity index is 1.70. The Kier molecular flexibility index (Phi) is 5.32. The number of hydrogen-bond acceptors (Lipinski definition) is 5. The zero-order chi connectivity index (χ0) is 20.5. The quantitative estimate of drug-likeness (QED) is 0.811. The highest BCUT2D eigenvalue weighted by atomic mass is 19.4. The van der Waals surface area contributed by atoms with Crippen molar-refractivity contribution in [2.75, 3.05) is 11.6 Å². The molecule has 7 nitrogen and oxygen atoms in total. The van der Waals surface area contributed by atoms with Gasteiger partial charge >= 0.3 is 6.18 Å². The summed E-state index contributed by atoms with van der Waals surface area (Å²) in [5, 5.41) is 15.2. The fourth-order valence-electron chi connectivity index (χ4n) is 2.75. The second kappa shape index (κ2) is 7.55. The summed E-state index contributed by atoms with van der Waals surface area (Å²) in [5.74, 6) is -0.232. The number of nitrogens with one attached hydrogen (secondary N) is 1. The van der Waals surface area contributed by atoms with Crippen molar-refractivity contribution in [3.8, 4) is 0 Å². The van der Waals surface area contributed by atoms with Crippen molar-refractivity contribution in [3.05, 3.63) is 59.2 Å². The van der Waals surface area contributed by atoms with Crippen molar-refractivity contribution in [1.29, 1.82) is 0 Å². The number of aliphatic hydroxyl groups is 1. The third-order valence-electron chi connectivity index (χ3n) is 4.26. The van der Waals surface area contributed by atoms with Crippen molar-refractivity contribution in [2.24, 2.45) is 7.05 Å². The highest BCUT2D eigenvalue weighted by molar-refractivity contribution is 5.93. The summed E-state index contributed by atoms with van der Waals surface area (Å²) in [7, 11) is 1.27. The number of aryl methyl sites for hydroxylation is 1. The van der Waals surface area contributed by atoms with Gasteiger partial charge in [-0.1, -0.05) is 12.1 Å². The second-order valence-electron chi connectivity index (χ2n) is 6.33. The van der Waals surface area contributed by atoms with Crippen LogP contribution in [0, 0.1) is 0 Å². The van der Waals surface area contributed by atoms with Crippen LogP contribution in [0.1, 0.15) is 28.7 Å².